The molecule has 0 atom stereocenters. The third kappa shape index (κ3) is 1.85. The van der Waals surface area contributed by atoms with Gasteiger partial charge in [-0.2, -0.15) is 0 Å². The highest BCUT2D eigenvalue weighted by Gasteiger charge is 2.17. The summed E-state index contributed by atoms with van der Waals surface area (Å²) >= 11 is 0. The van der Waals surface area contributed by atoms with Crippen LogP contribution in [0.1, 0.15) is 12.5 Å². The molecule has 1 aromatic rings. The molecule has 1 aromatic carbocycles. The molecule has 0 spiro atoms. The summed E-state index contributed by atoms with van der Waals surface area (Å²) in [7, 11) is 0. The molecule has 6 nitrogen and oxygen atoms in total. The third-order valence-electron chi connectivity index (χ3n) is 1.73. The Kier molecular flexibility index (Phi) is 2.76. The van der Waals surface area contributed by atoms with E-state index in [1.54, 1.807) is 6.92 Å². The molecule has 0 aliphatic carbocycles. The molecule has 14 heavy (non-hydrogen) atoms. The van der Waals surface area contributed by atoms with Crippen molar-refractivity contribution in [3.8, 4) is 0 Å². The van der Waals surface area contributed by atoms with Gasteiger partial charge in [-0.25, -0.2) is 0 Å². The fraction of sp³-hybridized carbons (Fsp3) is 0.125. The number of benzene rings is 1. The minimum absolute atomic E-state index is 0.248. The number of hydrogen-bond donors (Lipinski definition) is 0. The molecule has 0 saturated heterocycles. The van der Waals surface area contributed by atoms with Crippen molar-refractivity contribution in [2.24, 2.45) is 0 Å². The van der Waals surface area contributed by atoms with E-state index in [2.05, 4.69) is 0 Å². The SMILES string of the molecule is C[CH]c1ccc([N+](=O)[O-])cc1[N+](=O)[O-]. The van der Waals surface area contributed by atoms with Gasteiger partial charge in [0.05, 0.1) is 15.9 Å². The Hall–Kier alpha value is -1.98. The molecular formula is C8H7N2O4. The van der Waals surface area contributed by atoms with Gasteiger partial charge in [0.1, 0.15) is 0 Å². The van der Waals surface area contributed by atoms with Crippen LogP contribution in [0.2, 0.25) is 0 Å². The van der Waals surface area contributed by atoms with Crippen molar-refractivity contribution in [2.45, 2.75) is 6.92 Å². The van der Waals surface area contributed by atoms with Gasteiger partial charge in [0.25, 0.3) is 11.4 Å². The number of non-ortho nitro benzene ring substituents is 1. The van der Waals surface area contributed by atoms with Crippen molar-refractivity contribution in [2.75, 3.05) is 0 Å². The Morgan fingerprint density at radius 1 is 1.21 bits per heavy atom. The molecule has 0 heterocycles. The fourth-order valence-corrected chi connectivity index (χ4v) is 1.05. The van der Waals surface area contributed by atoms with Crippen molar-refractivity contribution in [3.05, 3.63) is 50.4 Å². The van der Waals surface area contributed by atoms with E-state index in [0.717, 1.165) is 6.07 Å². The summed E-state index contributed by atoms with van der Waals surface area (Å²) in [6.07, 6.45) is 1.53. The summed E-state index contributed by atoms with van der Waals surface area (Å²) in [5, 5.41) is 20.9. The molecule has 0 N–H and O–H groups in total. The van der Waals surface area contributed by atoms with Gasteiger partial charge >= 0.3 is 0 Å². The van der Waals surface area contributed by atoms with Crippen molar-refractivity contribution >= 4 is 11.4 Å². The monoisotopic (exact) mass is 195 g/mol. The number of rotatable bonds is 3. The van der Waals surface area contributed by atoms with E-state index in [1.807, 2.05) is 0 Å². The van der Waals surface area contributed by atoms with Gasteiger partial charge in [0, 0.05) is 11.6 Å². The number of nitrogens with zero attached hydrogens (tertiary/aromatic N) is 2. The van der Waals surface area contributed by atoms with Gasteiger partial charge in [0.2, 0.25) is 0 Å². The van der Waals surface area contributed by atoms with E-state index in [0.29, 0.717) is 5.56 Å². The lowest BCUT2D eigenvalue weighted by Crippen LogP contribution is -1.95. The molecule has 0 saturated carbocycles. The van der Waals surface area contributed by atoms with Crippen LogP contribution in [0.5, 0.6) is 0 Å². The second-order valence-corrected chi connectivity index (χ2v) is 2.55. The lowest BCUT2D eigenvalue weighted by molar-refractivity contribution is -0.394. The predicted molar refractivity (Wildman–Crippen MR) is 48.8 cm³/mol. The lowest BCUT2D eigenvalue weighted by atomic mass is 10.1. The highest BCUT2D eigenvalue weighted by molar-refractivity contribution is 5.51. The van der Waals surface area contributed by atoms with Crippen molar-refractivity contribution in [1.82, 2.24) is 0 Å². The summed E-state index contributed by atoms with van der Waals surface area (Å²) in [5.74, 6) is 0. The average molecular weight is 195 g/mol. The summed E-state index contributed by atoms with van der Waals surface area (Å²) in [5.41, 5.74) is -0.149. The summed E-state index contributed by atoms with van der Waals surface area (Å²) < 4.78 is 0. The first kappa shape index (κ1) is 10.1. The number of nitro groups is 2. The van der Waals surface area contributed by atoms with E-state index < -0.39 is 9.85 Å². The zero-order chi connectivity index (χ0) is 10.7. The molecule has 6 heteroatoms. The van der Waals surface area contributed by atoms with Crippen LogP contribution in [0.15, 0.2) is 18.2 Å². The maximum absolute atomic E-state index is 10.5. The lowest BCUT2D eigenvalue weighted by Gasteiger charge is -1.98. The maximum Gasteiger partial charge on any atom is 0.279 e. The topological polar surface area (TPSA) is 86.3 Å². The Labute approximate surface area is 79.5 Å². The smallest absolute Gasteiger partial charge is 0.258 e. The maximum atomic E-state index is 10.5. The first-order chi connectivity index (χ1) is 6.56. The molecule has 0 bridgehead atoms. The van der Waals surface area contributed by atoms with Crippen LogP contribution < -0.4 is 0 Å². The highest BCUT2D eigenvalue weighted by atomic mass is 16.6. The van der Waals surface area contributed by atoms with Gasteiger partial charge in [-0.3, -0.25) is 20.2 Å². The van der Waals surface area contributed by atoms with Gasteiger partial charge < -0.3 is 0 Å². The van der Waals surface area contributed by atoms with Crippen LogP contribution in [0, 0.1) is 26.6 Å². The second-order valence-electron chi connectivity index (χ2n) is 2.55. The van der Waals surface area contributed by atoms with Crippen molar-refractivity contribution < 1.29 is 9.85 Å². The standard InChI is InChI=1S/C8H7N2O4/c1-2-6-3-4-7(9(11)12)5-8(6)10(13)14/h2-5H,1H3. The highest BCUT2D eigenvalue weighted by Crippen LogP contribution is 2.25. The zero-order valence-corrected chi connectivity index (χ0v) is 7.34. The molecular weight excluding hydrogens is 188 g/mol. The van der Waals surface area contributed by atoms with Gasteiger partial charge in [-0.15, -0.1) is 0 Å². The van der Waals surface area contributed by atoms with E-state index in [4.69, 9.17) is 0 Å². The van der Waals surface area contributed by atoms with Crippen LogP contribution >= 0.6 is 0 Å². The number of hydrogen-bond acceptors (Lipinski definition) is 4. The zero-order valence-electron chi connectivity index (χ0n) is 7.34. The Bertz CT molecular complexity index is 389. The Morgan fingerprint density at radius 2 is 1.86 bits per heavy atom. The summed E-state index contributed by atoms with van der Waals surface area (Å²) in [4.78, 5) is 19.6. The van der Waals surface area contributed by atoms with Gasteiger partial charge in [-0.1, -0.05) is 6.92 Å². The van der Waals surface area contributed by atoms with Crippen LogP contribution in [0.3, 0.4) is 0 Å². The molecule has 1 radical (unpaired) electrons. The molecule has 73 valence electrons. The minimum Gasteiger partial charge on any atom is -0.258 e. The van der Waals surface area contributed by atoms with E-state index >= 15 is 0 Å². The molecule has 0 amide bonds. The Morgan fingerprint density at radius 3 is 2.29 bits per heavy atom. The molecule has 0 aliphatic heterocycles. The van der Waals surface area contributed by atoms with Crippen LogP contribution in [0.4, 0.5) is 11.4 Å². The van der Waals surface area contributed by atoms with Crippen LogP contribution in [-0.4, -0.2) is 9.85 Å². The van der Waals surface area contributed by atoms with Gasteiger partial charge in [-0.05, 0) is 12.5 Å². The summed E-state index contributed by atoms with van der Waals surface area (Å²) in [6, 6.07) is 3.55. The largest absolute Gasteiger partial charge is 0.279 e. The van der Waals surface area contributed by atoms with Gasteiger partial charge in [0.15, 0.2) is 0 Å². The first-order valence-corrected chi connectivity index (χ1v) is 3.78. The third-order valence-corrected chi connectivity index (χ3v) is 1.73. The van der Waals surface area contributed by atoms with E-state index in [-0.39, 0.29) is 11.4 Å². The average Bonchev–Trinajstić information content (AvgIpc) is 2.16. The minimum atomic E-state index is -0.660. The molecule has 0 aliphatic rings. The molecule has 0 fully saturated rings. The van der Waals surface area contributed by atoms with Crippen molar-refractivity contribution in [3.63, 3.8) is 0 Å². The second kappa shape index (κ2) is 3.82. The normalized spacial score (nSPS) is 9.79. The van der Waals surface area contributed by atoms with Crippen molar-refractivity contribution in [1.29, 1.82) is 0 Å². The predicted octanol–water partition coefficient (Wildman–Crippen LogP) is 2.08. The first-order valence-electron chi connectivity index (χ1n) is 3.78. The van der Waals surface area contributed by atoms with E-state index in [1.165, 1.54) is 18.6 Å². The molecule has 0 unspecified atom stereocenters. The van der Waals surface area contributed by atoms with Crippen LogP contribution in [0.25, 0.3) is 0 Å². The fourth-order valence-electron chi connectivity index (χ4n) is 1.05. The summed E-state index contributed by atoms with van der Waals surface area (Å²) in [6.45, 7) is 1.63. The van der Waals surface area contributed by atoms with E-state index in [9.17, 15) is 20.2 Å². The molecule has 0 aromatic heterocycles. The Balaban J connectivity index is 3.27. The number of nitro benzene ring substituents is 2. The van der Waals surface area contributed by atoms with Crippen LogP contribution in [-0.2, 0) is 0 Å². The quantitative estimate of drug-likeness (QED) is 0.545. The molecule has 1 rings (SSSR count).